The van der Waals surface area contributed by atoms with Crippen LogP contribution in [0.1, 0.15) is 53.2 Å². The van der Waals surface area contributed by atoms with Gasteiger partial charge < -0.3 is 4.74 Å². The fourth-order valence-electron chi connectivity index (χ4n) is 1.67. The SMILES string of the molecule is C.CC.CC.Cc1ccc2c(c1)CC(C)CO2. The Bertz CT molecular complexity index is 292. The summed E-state index contributed by atoms with van der Waals surface area (Å²) >= 11 is 0. The monoisotopic (exact) mass is 238 g/mol. The van der Waals surface area contributed by atoms with Crippen molar-refractivity contribution in [1.82, 2.24) is 0 Å². The number of aryl methyl sites for hydroxylation is 1. The van der Waals surface area contributed by atoms with Gasteiger partial charge in [0, 0.05) is 0 Å². The van der Waals surface area contributed by atoms with Crippen LogP contribution in [0, 0.1) is 12.8 Å². The summed E-state index contributed by atoms with van der Waals surface area (Å²) in [5.41, 5.74) is 2.69. The first-order valence-corrected chi connectivity index (χ1v) is 6.48. The van der Waals surface area contributed by atoms with E-state index in [9.17, 15) is 0 Å². The molecule has 0 fully saturated rings. The van der Waals surface area contributed by atoms with Gasteiger partial charge in [0.15, 0.2) is 0 Å². The van der Waals surface area contributed by atoms with Gasteiger partial charge in [-0.25, -0.2) is 0 Å². The Hall–Kier alpha value is -0.980. The molecule has 1 aromatic carbocycles. The molecule has 0 bridgehead atoms. The molecule has 0 aromatic heterocycles. The molecule has 1 heterocycles. The van der Waals surface area contributed by atoms with Gasteiger partial charge in [-0.3, -0.25) is 0 Å². The van der Waals surface area contributed by atoms with E-state index >= 15 is 0 Å². The highest BCUT2D eigenvalue weighted by Crippen LogP contribution is 2.27. The van der Waals surface area contributed by atoms with Crippen LogP contribution >= 0.6 is 0 Å². The van der Waals surface area contributed by atoms with E-state index in [0.717, 1.165) is 18.8 Å². The first kappa shape index (κ1) is 18.4. The fourth-order valence-corrected chi connectivity index (χ4v) is 1.67. The van der Waals surface area contributed by atoms with Gasteiger partial charge in [0.2, 0.25) is 0 Å². The lowest BCUT2D eigenvalue weighted by atomic mass is 9.97. The zero-order chi connectivity index (χ0) is 12.6. The van der Waals surface area contributed by atoms with Crippen LogP contribution in [0.5, 0.6) is 5.75 Å². The first-order chi connectivity index (χ1) is 7.75. The maximum absolute atomic E-state index is 5.59. The van der Waals surface area contributed by atoms with E-state index < -0.39 is 0 Å². The molecule has 1 unspecified atom stereocenters. The lowest BCUT2D eigenvalue weighted by Crippen LogP contribution is -2.17. The van der Waals surface area contributed by atoms with Crippen LogP contribution in [0.15, 0.2) is 18.2 Å². The highest BCUT2D eigenvalue weighted by molar-refractivity contribution is 5.38. The van der Waals surface area contributed by atoms with Crippen molar-refractivity contribution >= 4 is 0 Å². The molecule has 100 valence electrons. The predicted molar refractivity (Wildman–Crippen MR) is 79.0 cm³/mol. The summed E-state index contributed by atoms with van der Waals surface area (Å²) < 4.78 is 5.59. The van der Waals surface area contributed by atoms with Crippen LogP contribution < -0.4 is 4.74 Å². The summed E-state index contributed by atoms with van der Waals surface area (Å²) in [5.74, 6) is 1.75. The third-order valence-corrected chi connectivity index (χ3v) is 2.31. The second kappa shape index (κ2) is 10.2. The largest absolute Gasteiger partial charge is 0.493 e. The van der Waals surface area contributed by atoms with Crippen LogP contribution in [0.2, 0.25) is 0 Å². The molecule has 2 rings (SSSR count). The van der Waals surface area contributed by atoms with Crippen LogP contribution in [-0.2, 0) is 6.42 Å². The number of benzene rings is 1. The molecule has 0 N–H and O–H groups in total. The molecule has 0 saturated heterocycles. The molecule has 0 aliphatic carbocycles. The summed E-state index contributed by atoms with van der Waals surface area (Å²) in [5, 5.41) is 0. The van der Waals surface area contributed by atoms with Crippen molar-refractivity contribution in [2.45, 2.75) is 55.4 Å². The molecule has 1 aliphatic heterocycles. The van der Waals surface area contributed by atoms with Gasteiger partial charge in [-0.2, -0.15) is 0 Å². The molecular formula is C16H30O. The number of fused-ring (bicyclic) bond motifs is 1. The molecule has 1 heteroatoms. The van der Waals surface area contributed by atoms with E-state index in [2.05, 4.69) is 32.0 Å². The second-order valence-corrected chi connectivity index (χ2v) is 3.73. The highest BCUT2D eigenvalue weighted by Gasteiger charge is 2.15. The molecule has 1 aromatic rings. The van der Waals surface area contributed by atoms with Crippen molar-refractivity contribution in [1.29, 1.82) is 0 Å². The first-order valence-electron chi connectivity index (χ1n) is 6.48. The van der Waals surface area contributed by atoms with Gasteiger partial charge in [0.1, 0.15) is 5.75 Å². The average Bonchev–Trinajstić information content (AvgIpc) is 2.33. The van der Waals surface area contributed by atoms with Crippen LogP contribution in [0.3, 0.4) is 0 Å². The number of rotatable bonds is 0. The lowest BCUT2D eigenvalue weighted by Gasteiger charge is -2.22. The topological polar surface area (TPSA) is 9.23 Å². The molecule has 17 heavy (non-hydrogen) atoms. The maximum atomic E-state index is 5.59. The van der Waals surface area contributed by atoms with Crippen molar-refractivity contribution in [2.24, 2.45) is 5.92 Å². The summed E-state index contributed by atoms with van der Waals surface area (Å²) in [4.78, 5) is 0. The summed E-state index contributed by atoms with van der Waals surface area (Å²) in [6.45, 7) is 13.2. The maximum Gasteiger partial charge on any atom is 0.122 e. The quantitative estimate of drug-likeness (QED) is 0.599. The molecule has 0 amide bonds. The van der Waals surface area contributed by atoms with E-state index in [1.54, 1.807) is 0 Å². The highest BCUT2D eigenvalue weighted by atomic mass is 16.5. The van der Waals surface area contributed by atoms with Crippen molar-refractivity contribution in [2.75, 3.05) is 6.61 Å². The molecule has 1 atom stereocenters. The summed E-state index contributed by atoms with van der Waals surface area (Å²) in [6.07, 6.45) is 1.16. The summed E-state index contributed by atoms with van der Waals surface area (Å²) in [7, 11) is 0. The van der Waals surface area contributed by atoms with E-state index in [1.165, 1.54) is 11.1 Å². The zero-order valence-corrected chi connectivity index (χ0v) is 11.6. The van der Waals surface area contributed by atoms with E-state index in [-0.39, 0.29) is 7.43 Å². The molecule has 1 aliphatic rings. The normalized spacial score (nSPS) is 15.8. The minimum absolute atomic E-state index is 0. The van der Waals surface area contributed by atoms with Gasteiger partial charge in [0.25, 0.3) is 0 Å². The van der Waals surface area contributed by atoms with Crippen LogP contribution in [0.4, 0.5) is 0 Å². The Morgan fingerprint density at radius 2 is 1.71 bits per heavy atom. The molecule has 0 saturated carbocycles. The Kier molecular flexibility index (Phi) is 11.0. The summed E-state index contributed by atoms with van der Waals surface area (Å²) in [6, 6.07) is 6.41. The Morgan fingerprint density at radius 1 is 1.12 bits per heavy atom. The smallest absolute Gasteiger partial charge is 0.122 e. The van der Waals surface area contributed by atoms with Crippen molar-refractivity contribution in [3.63, 3.8) is 0 Å². The van der Waals surface area contributed by atoms with Gasteiger partial charge in [-0.1, -0.05) is 59.7 Å². The van der Waals surface area contributed by atoms with Crippen molar-refractivity contribution < 1.29 is 4.74 Å². The second-order valence-electron chi connectivity index (χ2n) is 3.73. The van der Waals surface area contributed by atoms with Crippen LogP contribution in [-0.4, -0.2) is 6.61 Å². The third-order valence-electron chi connectivity index (χ3n) is 2.31. The molecule has 1 nitrogen and oxygen atoms in total. The van der Waals surface area contributed by atoms with E-state index in [4.69, 9.17) is 4.74 Å². The van der Waals surface area contributed by atoms with Gasteiger partial charge in [0.05, 0.1) is 6.61 Å². The van der Waals surface area contributed by atoms with E-state index in [0.29, 0.717) is 5.92 Å². The Morgan fingerprint density at radius 3 is 2.29 bits per heavy atom. The van der Waals surface area contributed by atoms with E-state index in [1.807, 2.05) is 27.7 Å². The Balaban J connectivity index is 0. The minimum atomic E-state index is 0. The molecular weight excluding hydrogens is 208 g/mol. The van der Waals surface area contributed by atoms with Gasteiger partial charge >= 0.3 is 0 Å². The van der Waals surface area contributed by atoms with Crippen molar-refractivity contribution in [3.05, 3.63) is 29.3 Å². The van der Waals surface area contributed by atoms with Gasteiger partial charge in [-0.15, -0.1) is 0 Å². The fraction of sp³-hybridized carbons (Fsp3) is 0.625. The standard InChI is InChI=1S/C11H14O.2C2H6.CH4/c1-8-3-4-11-10(5-8)6-9(2)7-12-11;2*1-2;/h3-5,9H,6-7H2,1-2H3;2*1-2H3;1H4. The van der Waals surface area contributed by atoms with Crippen molar-refractivity contribution in [3.8, 4) is 5.75 Å². The zero-order valence-electron chi connectivity index (χ0n) is 11.6. The van der Waals surface area contributed by atoms with Gasteiger partial charge in [-0.05, 0) is 30.9 Å². The van der Waals surface area contributed by atoms with Crippen LogP contribution in [0.25, 0.3) is 0 Å². The number of hydrogen-bond donors (Lipinski definition) is 0. The average molecular weight is 238 g/mol. The Labute approximate surface area is 108 Å². The third kappa shape index (κ3) is 5.76. The number of hydrogen-bond acceptors (Lipinski definition) is 1. The minimum Gasteiger partial charge on any atom is -0.493 e. The molecule has 0 spiro atoms. The predicted octanol–water partition coefficient (Wildman–Crippen LogP) is 5.25. The number of ether oxygens (including phenoxy) is 1. The molecule has 0 radical (unpaired) electrons. The lowest BCUT2D eigenvalue weighted by molar-refractivity contribution is 0.234.